The van der Waals surface area contributed by atoms with Crippen molar-refractivity contribution in [1.82, 2.24) is 4.90 Å². The average molecular weight is 683 g/mol. The number of amides is 1. The van der Waals surface area contributed by atoms with E-state index >= 15 is 0 Å². The molecule has 2 aromatic rings. The molecule has 1 heterocycles. The van der Waals surface area contributed by atoms with Crippen LogP contribution in [0.3, 0.4) is 0 Å². The number of ether oxygens (including phenoxy) is 2. The molecule has 0 atom stereocenters. The topological polar surface area (TPSA) is 84.9 Å². The van der Waals surface area contributed by atoms with Crippen LogP contribution in [0.15, 0.2) is 58.9 Å². The van der Waals surface area contributed by atoms with Crippen molar-refractivity contribution in [3.63, 3.8) is 0 Å². The van der Waals surface area contributed by atoms with E-state index in [2.05, 4.69) is 60.5 Å². The second-order valence-corrected chi connectivity index (χ2v) is 14.5. The quantitative estimate of drug-likeness (QED) is 0.333. The molecule has 0 bridgehead atoms. The lowest BCUT2D eigenvalue weighted by atomic mass is 9.64. The van der Waals surface area contributed by atoms with Gasteiger partial charge in [-0.3, -0.25) is 14.4 Å². The van der Waals surface area contributed by atoms with Gasteiger partial charge < -0.3 is 19.7 Å². The summed E-state index contributed by atoms with van der Waals surface area (Å²) < 4.78 is 12.5. The van der Waals surface area contributed by atoms with Crippen molar-refractivity contribution in [1.29, 1.82) is 0 Å². The molecule has 2 aromatic carbocycles. The molecular formula is C34H39IN2O5. The molecule has 0 radical (unpaired) electrons. The highest BCUT2D eigenvalue weighted by atomic mass is 127. The number of hydrogen-bond donors (Lipinski definition) is 1. The minimum Gasteiger partial charge on any atom is -0.493 e. The number of allylic oxidation sites excluding steroid dienone is 4. The molecular weight excluding hydrogens is 643 g/mol. The van der Waals surface area contributed by atoms with Gasteiger partial charge in [0.1, 0.15) is 0 Å². The van der Waals surface area contributed by atoms with Gasteiger partial charge in [-0.2, -0.15) is 0 Å². The van der Waals surface area contributed by atoms with Gasteiger partial charge in [0.15, 0.2) is 29.7 Å². The fourth-order valence-corrected chi connectivity index (χ4v) is 7.38. The Bertz CT molecular complexity index is 1500. The summed E-state index contributed by atoms with van der Waals surface area (Å²) in [6.45, 7) is 10.3. The maximum atomic E-state index is 13.8. The summed E-state index contributed by atoms with van der Waals surface area (Å²) in [5.41, 5.74) is 5.69. The highest BCUT2D eigenvalue weighted by molar-refractivity contribution is 14.1. The largest absolute Gasteiger partial charge is 0.493 e. The predicted octanol–water partition coefficient (Wildman–Crippen LogP) is 6.94. The standard InChI is InChI=1S/C34H39IN2O5/c1-19-9-8-10-21(11-19)36-28(40)18-42-32-22(35)12-20(13-27(32)41-7)29-30-23(14-33(2,3)16-25(30)38)37(6)24-15-34(4,5)17-26(39)31(24)29/h8-13,29H,14-18H2,1-7H3,(H,36,40). The van der Waals surface area contributed by atoms with Crippen LogP contribution in [-0.2, 0) is 14.4 Å². The highest BCUT2D eigenvalue weighted by Gasteiger charge is 2.48. The van der Waals surface area contributed by atoms with Crippen LogP contribution in [0.1, 0.15) is 70.4 Å². The maximum absolute atomic E-state index is 13.8. The number of ketones is 2. The number of benzene rings is 2. The smallest absolute Gasteiger partial charge is 0.262 e. The number of Topliss-reactive ketones (excluding diaryl/α,β-unsaturated/α-hetero) is 2. The first-order valence-corrected chi connectivity index (χ1v) is 15.4. The second-order valence-electron chi connectivity index (χ2n) is 13.3. The number of aryl methyl sites for hydroxylation is 1. The van der Waals surface area contributed by atoms with Gasteiger partial charge in [-0.25, -0.2) is 0 Å². The van der Waals surface area contributed by atoms with E-state index < -0.39 is 5.92 Å². The van der Waals surface area contributed by atoms with Crippen molar-refractivity contribution in [2.75, 3.05) is 26.1 Å². The Morgan fingerprint density at radius 1 is 0.976 bits per heavy atom. The number of nitrogens with zero attached hydrogens (tertiary/aromatic N) is 1. The van der Waals surface area contributed by atoms with Crippen molar-refractivity contribution in [3.8, 4) is 11.5 Å². The van der Waals surface area contributed by atoms with Gasteiger partial charge in [0.2, 0.25) is 0 Å². The van der Waals surface area contributed by atoms with Gasteiger partial charge in [-0.05, 0) is 88.6 Å². The van der Waals surface area contributed by atoms with Crippen molar-refractivity contribution >= 4 is 45.8 Å². The second kappa shape index (κ2) is 11.2. The van der Waals surface area contributed by atoms with Crippen LogP contribution in [0.5, 0.6) is 11.5 Å². The van der Waals surface area contributed by atoms with E-state index in [1.54, 1.807) is 7.11 Å². The molecule has 3 aliphatic rings. The zero-order valence-electron chi connectivity index (χ0n) is 25.4. The zero-order valence-corrected chi connectivity index (χ0v) is 27.6. The van der Waals surface area contributed by atoms with Crippen molar-refractivity contribution in [2.24, 2.45) is 10.8 Å². The van der Waals surface area contributed by atoms with E-state index in [1.807, 2.05) is 50.4 Å². The molecule has 0 unspecified atom stereocenters. The lowest BCUT2D eigenvalue weighted by molar-refractivity contribution is -0.120. The third-order valence-electron chi connectivity index (χ3n) is 8.41. The molecule has 0 fully saturated rings. The van der Waals surface area contributed by atoms with Gasteiger partial charge in [0, 0.05) is 54.0 Å². The normalized spacial score (nSPS) is 19.9. The Hall–Kier alpha value is -3.14. The molecule has 5 rings (SSSR count). The SMILES string of the molecule is COc1cc(C2C3=C(CC(C)(C)CC3=O)N(C)C3=C2C(=O)CC(C)(C)C3)cc(I)c1OCC(=O)Nc1cccc(C)c1. The number of anilines is 1. The Labute approximate surface area is 261 Å². The van der Waals surface area contributed by atoms with Gasteiger partial charge in [0.05, 0.1) is 10.7 Å². The minimum atomic E-state index is -0.473. The monoisotopic (exact) mass is 682 g/mol. The number of hydrogen-bond acceptors (Lipinski definition) is 6. The first kappa shape index (κ1) is 30.3. The molecule has 7 nitrogen and oxygen atoms in total. The molecule has 1 aliphatic heterocycles. The number of methoxy groups -OCH3 is 1. The van der Waals surface area contributed by atoms with E-state index in [0.717, 1.165) is 38.9 Å². The van der Waals surface area contributed by atoms with Gasteiger partial charge >= 0.3 is 0 Å². The van der Waals surface area contributed by atoms with Crippen LogP contribution in [0, 0.1) is 21.3 Å². The molecule has 0 spiro atoms. The Balaban J connectivity index is 1.53. The van der Waals surface area contributed by atoms with E-state index in [1.165, 1.54) is 0 Å². The average Bonchev–Trinajstić information content (AvgIpc) is 2.87. The molecule has 42 heavy (non-hydrogen) atoms. The van der Waals surface area contributed by atoms with E-state index in [9.17, 15) is 14.4 Å². The predicted molar refractivity (Wildman–Crippen MR) is 172 cm³/mol. The zero-order chi connectivity index (χ0) is 30.6. The Morgan fingerprint density at radius 2 is 1.57 bits per heavy atom. The van der Waals surface area contributed by atoms with Crippen LogP contribution in [-0.4, -0.2) is 43.1 Å². The highest BCUT2D eigenvalue weighted by Crippen LogP contribution is 2.54. The summed E-state index contributed by atoms with van der Waals surface area (Å²) in [6.07, 6.45) is 2.39. The Kier molecular flexibility index (Phi) is 8.06. The van der Waals surface area contributed by atoms with Crippen molar-refractivity contribution in [3.05, 3.63) is 73.6 Å². The lowest BCUT2D eigenvalue weighted by Crippen LogP contribution is -2.43. The molecule has 0 saturated heterocycles. The molecule has 222 valence electrons. The molecule has 0 aromatic heterocycles. The number of halogens is 1. The summed E-state index contributed by atoms with van der Waals surface area (Å²) in [7, 11) is 3.56. The van der Waals surface area contributed by atoms with E-state index in [4.69, 9.17) is 9.47 Å². The van der Waals surface area contributed by atoms with Gasteiger partial charge in [-0.15, -0.1) is 0 Å². The molecule has 0 saturated carbocycles. The summed E-state index contributed by atoms with van der Waals surface area (Å²) in [5.74, 6) is 0.321. The number of carbonyl (C=O) groups is 3. The summed E-state index contributed by atoms with van der Waals surface area (Å²) in [5, 5.41) is 2.86. The molecule has 2 aliphatic carbocycles. The first-order valence-electron chi connectivity index (χ1n) is 14.3. The van der Waals surface area contributed by atoms with Crippen molar-refractivity contribution in [2.45, 2.75) is 66.2 Å². The fourth-order valence-electron chi connectivity index (χ4n) is 6.60. The van der Waals surface area contributed by atoms with Crippen LogP contribution in [0.2, 0.25) is 0 Å². The first-order chi connectivity index (χ1) is 19.7. The maximum Gasteiger partial charge on any atom is 0.262 e. The van der Waals surface area contributed by atoms with Gasteiger partial charge in [0.25, 0.3) is 5.91 Å². The third kappa shape index (κ3) is 5.87. The summed E-state index contributed by atoms with van der Waals surface area (Å²) >= 11 is 2.18. The summed E-state index contributed by atoms with van der Waals surface area (Å²) in [6, 6.07) is 11.4. The van der Waals surface area contributed by atoms with Crippen LogP contribution in [0.25, 0.3) is 0 Å². The molecule has 1 N–H and O–H groups in total. The lowest BCUT2D eigenvalue weighted by Gasteiger charge is -2.48. The minimum absolute atomic E-state index is 0.0874. The number of nitrogens with one attached hydrogen (secondary N) is 1. The molecule has 8 heteroatoms. The van der Waals surface area contributed by atoms with Gasteiger partial charge in [-0.1, -0.05) is 39.8 Å². The fraction of sp³-hybridized carbons (Fsp3) is 0.441. The molecule has 1 amide bonds. The van der Waals surface area contributed by atoms with Crippen LogP contribution >= 0.6 is 22.6 Å². The Morgan fingerprint density at radius 3 is 2.12 bits per heavy atom. The number of rotatable bonds is 6. The third-order valence-corrected chi connectivity index (χ3v) is 9.22. The van der Waals surface area contributed by atoms with E-state index in [0.29, 0.717) is 41.2 Å². The van der Waals surface area contributed by atoms with Crippen LogP contribution < -0.4 is 14.8 Å². The van der Waals surface area contributed by atoms with Crippen molar-refractivity contribution < 1.29 is 23.9 Å². The van der Waals surface area contributed by atoms with Crippen LogP contribution in [0.4, 0.5) is 5.69 Å². The number of carbonyl (C=O) groups excluding carboxylic acids is 3. The van der Waals surface area contributed by atoms with E-state index in [-0.39, 0.29) is 34.9 Å². The summed E-state index contributed by atoms with van der Waals surface area (Å²) in [4.78, 5) is 42.4.